The number of fused-ring (bicyclic) bond motifs is 8. The first kappa shape index (κ1) is 28.4. The Morgan fingerprint density at radius 2 is 1.48 bits per heavy atom. The van der Waals surface area contributed by atoms with Crippen molar-refractivity contribution < 1.29 is 29.4 Å². The molecule has 42 heavy (non-hydrogen) atoms. The second-order valence-corrected chi connectivity index (χ2v) is 10.6. The van der Waals surface area contributed by atoms with Crippen molar-refractivity contribution >= 4 is 69.4 Å². The zero-order valence-corrected chi connectivity index (χ0v) is 23.7. The number of rotatable bonds is 8. The number of aliphatic carboxylic acids is 2. The van der Waals surface area contributed by atoms with E-state index in [0.29, 0.717) is 62.3 Å². The van der Waals surface area contributed by atoms with Crippen LogP contribution in [0.1, 0.15) is 93.3 Å². The number of aromatic amines is 2. The van der Waals surface area contributed by atoms with Crippen LogP contribution in [0.15, 0.2) is 18.2 Å². The van der Waals surface area contributed by atoms with Crippen LogP contribution in [0.5, 0.6) is 0 Å². The largest absolute Gasteiger partial charge is 0.481 e. The van der Waals surface area contributed by atoms with Gasteiger partial charge in [-0.05, 0) is 98.2 Å². The molecule has 0 saturated carbocycles. The molecule has 10 nitrogen and oxygen atoms in total. The summed E-state index contributed by atoms with van der Waals surface area (Å²) in [6.07, 6.45) is 3.41. The minimum absolute atomic E-state index is 0.0930. The second kappa shape index (κ2) is 11.0. The van der Waals surface area contributed by atoms with E-state index in [1.807, 2.05) is 39.8 Å². The van der Waals surface area contributed by atoms with E-state index in [-0.39, 0.29) is 31.2 Å². The van der Waals surface area contributed by atoms with Crippen LogP contribution >= 0.6 is 0 Å². The summed E-state index contributed by atoms with van der Waals surface area (Å²) in [4.78, 5) is 64.1. The van der Waals surface area contributed by atoms with Gasteiger partial charge in [-0.1, -0.05) is 0 Å². The van der Waals surface area contributed by atoms with Crippen molar-refractivity contribution in [1.82, 2.24) is 19.9 Å². The highest BCUT2D eigenvalue weighted by Gasteiger charge is 2.21. The molecule has 0 saturated heterocycles. The fourth-order valence-electron chi connectivity index (χ4n) is 5.60. The highest BCUT2D eigenvalue weighted by atomic mass is 16.4. The molecule has 0 spiro atoms. The number of nitrogens with zero attached hydrogens (tertiary/aromatic N) is 2. The molecule has 8 bridgehead atoms. The fourth-order valence-corrected chi connectivity index (χ4v) is 5.60. The van der Waals surface area contributed by atoms with Gasteiger partial charge in [0.25, 0.3) is 0 Å². The lowest BCUT2D eigenvalue weighted by atomic mass is 10.00. The van der Waals surface area contributed by atoms with E-state index in [0.717, 1.165) is 34.1 Å². The van der Waals surface area contributed by atoms with Gasteiger partial charge in [-0.2, -0.15) is 0 Å². The molecular formula is C32H30N4O6. The van der Waals surface area contributed by atoms with E-state index in [1.165, 1.54) is 0 Å². The van der Waals surface area contributed by atoms with Gasteiger partial charge in [0.1, 0.15) is 0 Å². The molecule has 3 aromatic rings. The van der Waals surface area contributed by atoms with E-state index in [2.05, 4.69) is 9.97 Å². The van der Waals surface area contributed by atoms with Crippen LogP contribution in [0, 0.1) is 13.8 Å². The molecule has 0 atom stereocenters. The maximum Gasteiger partial charge on any atom is 0.303 e. The lowest BCUT2D eigenvalue weighted by molar-refractivity contribution is -0.137. The summed E-state index contributed by atoms with van der Waals surface area (Å²) in [5, 5.41) is 18.8. The number of allylic oxidation sites excluding steroid dienone is 3. The Kier molecular flexibility index (Phi) is 7.47. The van der Waals surface area contributed by atoms with Gasteiger partial charge in [0.2, 0.25) is 0 Å². The normalized spacial score (nSPS) is 12.8. The predicted molar refractivity (Wildman–Crippen MR) is 160 cm³/mol. The SMILES string of the molecule is CC1=Cc2nc1c(C=O)c1cc(C)c(cc3nc(cc4[nH]c(c(C)c4CCC(=O)O)c2C=O)C(CCC(=O)O)=C3C)[nH]1. The third-order valence-corrected chi connectivity index (χ3v) is 7.88. The van der Waals surface area contributed by atoms with Gasteiger partial charge in [-0.15, -0.1) is 0 Å². The monoisotopic (exact) mass is 566 g/mol. The Hall–Kier alpha value is -5.12. The molecule has 3 aromatic heterocycles. The number of aromatic nitrogens is 4. The minimum atomic E-state index is -0.960. The number of carboxylic acid groups (broad SMARTS) is 2. The maximum atomic E-state index is 12.5. The third-order valence-electron chi connectivity index (χ3n) is 7.88. The van der Waals surface area contributed by atoms with Crippen molar-refractivity contribution in [2.75, 3.05) is 0 Å². The quantitative estimate of drug-likeness (QED) is 0.243. The van der Waals surface area contributed by atoms with E-state index in [9.17, 15) is 29.4 Å². The summed E-state index contributed by atoms with van der Waals surface area (Å²) in [5.41, 5.74) is 9.57. The maximum absolute atomic E-state index is 12.5. The zero-order chi connectivity index (χ0) is 30.3. The van der Waals surface area contributed by atoms with Gasteiger partial charge in [-0.3, -0.25) is 19.2 Å². The van der Waals surface area contributed by atoms with Crippen molar-refractivity contribution in [3.63, 3.8) is 0 Å². The van der Waals surface area contributed by atoms with Gasteiger partial charge >= 0.3 is 11.9 Å². The van der Waals surface area contributed by atoms with Crippen LogP contribution in [-0.4, -0.2) is 54.7 Å². The summed E-state index contributed by atoms with van der Waals surface area (Å²) < 4.78 is 0. The Bertz CT molecular complexity index is 1920. The van der Waals surface area contributed by atoms with E-state index < -0.39 is 11.9 Å². The molecule has 5 rings (SSSR count). The number of hydrogen-bond donors (Lipinski definition) is 4. The summed E-state index contributed by atoms with van der Waals surface area (Å²) in [7, 11) is 0. The Balaban J connectivity index is 1.98. The molecule has 214 valence electrons. The molecule has 4 N–H and O–H groups in total. The smallest absolute Gasteiger partial charge is 0.303 e. The lowest BCUT2D eigenvalue weighted by Crippen LogP contribution is -1.98. The number of hydrogen-bond acceptors (Lipinski definition) is 6. The van der Waals surface area contributed by atoms with Crippen molar-refractivity contribution in [2.24, 2.45) is 0 Å². The number of aryl methyl sites for hydroxylation is 3. The van der Waals surface area contributed by atoms with Crippen LogP contribution in [-0.2, 0) is 16.0 Å². The summed E-state index contributed by atoms with van der Waals surface area (Å²) in [6.45, 7) is 7.43. The van der Waals surface area contributed by atoms with Crippen LogP contribution in [0.25, 0.3) is 44.9 Å². The highest BCUT2D eigenvalue weighted by Crippen LogP contribution is 2.35. The summed E-state index contributed by atoms with van der Waals surface area (Å²) in [5.74, 6) is -1.90. The molecule has 0 amide bonds. The van der Waals surface area contributed by atoms with Gasteiger partial charge in [-0.25, -0.2) is 9.97 Å². The molecule has 0 radical (unpaired) electrons. The van der Waals surface area contributed by atoms with E-state index in [1.54, 1.807) is 12.1 Å². The van der Waals surface area contributed by atoms with Gasteiger partial charge in [0, 0.05) is 23.9 Å². The standard InChI is InChI=1S/C32H30N4O6/c1-15-9-25-21(13-37)31-16(2)10-26(35-31)22(14-38)32-18(4)20(6-8-30(41)42)28(36-32)12-27-19(5-7-29(39)40)17(3)24(34-27)11-23(15)33-25/h9-14,33,36H,5-8H2,1-4H3,(H,39,40)(H,41,42). The topological polar surface area (TPSA) is 166 Å². The van der Waals surface area contributed by atoms with Crippen LogP contribution in [0.2, 0.25) is 0 Å². The third kappa shape index (κ3) is 5.07. The summed E-state index contributed by atoms with van der Waals surface area (Å²) >= 11 is 0. The van der Waals surface area contributed by atoms with Crippen molar-refractivity contribution in [1.29, 1.82) is 0 Å². The van der Waals surface area contributed by atoms with E-state index in [4.69, 9.17) is 9.97 Å². The lowest BCUT2D eigenvalue weighted by Gasteiger charge is -2.03. The van der Waals surface area contributed by atoms with Crippen LogP contribution < -0.4 is 0 Å². The number of aldehydes is 2. The number of carbonyl (C=O) groups excluding carboxylic acids is 2. The second-order valence-electron chi connectivity index (χ2n) is 10.6. The van der Waals surface area contributed by atoms with E-state index >= 15 is 0 Å². The first-order valence-electron chi connectivity index (χ1n) is 13.5. The van der Waals surface area contributed by atoms with Gasteiger partial charge in [0.15, 0.2) is 12.6 Å². The predicted octanol–water partition coefficient (Wildman–Crippen LogP) is 5.93. The molecule has 5 heterocycles. The first-order valence-corrected chi connectivity index (χ1v) is 13.5. The average molecular weight is 567 g/mol. The van der Waals surface area contributed by atoms with Crippen LogP contribution in [0.4, 0.5) is 0 Å². The van der Waals surface area contributed by atoms with Crippen molar-refractivity contribution in [3.05, 3.63) is 68.8 Å². The Morgan fingerprint density at radius 3 is 2.14 bits per heavy atom. The first-order chi connectivity index (χ1) is 20.0. The molecule has 0 unspecified atom stereocenters. The zero-order valence-electron chi connectivity index (χ0n) is 23.7. The number of carbonyl (C=O) groups is 4. The number of nitrogens with one attached hydrogen (secondary N) is 2. The Morgan fingerprint density at radius 1 is 0.810 bits per heavy atom. The van der Waals surface area contributed by atoms with Gasteiger partial charge < -0.3 is 20.2 Å². The van der Waals surface area contributed by atoms with Crippen LogP contribution in [0.3, 0.4) is 0 Å². The molecule has 2 aliphatic heterocycles. The van der Waals surface area contributed by atoms with Crippen molar-refractivity contribution in [2.45, 2.75) is 53.4 Å². The van der Waals surface area contributed by atoms with Gasteiger partial charge in [0.05, 0.1) is 44.9 Å². The molecular weight excluding hydrogens is 536 g/mol. The minimum Gasteiger partial charge on any atom is -0.481 e. The van der Waals surface area contributed by atoms with Crippen molar-refractivity contribution in [3.8, 4) is 0 Å². The molecule has 0 fully saturated rings. The molecule has 0 aliphatic carbocycles. The average Bonchev–Trinajstić information content (AvgIpc) is 3.64. The number of H-pyrrole nitrogens is 2. The molecule has 2 aliphatic rings. The Labute approximate surface area is 240 Å². The highest BCUT2D eigenvalue weighted by molar-refractivity contribution is 6.01. The molecule has 0 aromatic carbocycles. The molecule has 10 heteroatoms. The fraction of sp³-hybridized carbons (Fsp3) is 0.250. The summed E-state index contributed by atoms with van der Waals surface area (Å²) in [6, 6.07) is 5.53. The number of carboxylic acids is 2.